The highest BCUT2D eigenvalue weighted by Crippen LogP contribution is 2.29. The van der Waals surface area contributed by atoms with Crippen LogP contribution in [0.3, 0.4) is 0 Å². The van der Waals surface area contributed by atoms with Crippen molar-refractivity contribution < 1.29 is 24.2 Å². The lowest BCUT2D eigenvalue weighted by molar-refractivity contribution is -0.157. The van der Waals surface area contributed by atoms with E-state index >= 15 is 0 Å². The van der Waals surface area contributed by atoms with Gasteiger partial charge in [0.2, 0.25) is 0 Å². The minimum absolute atomic E-state index is 0.00348. The molecule has 184 valence electrons. The van der Waals surface area contributed by atoms with E-state index in [1.54, 1.807) is 13.1 Å². The average molecular weight is 462 g/mol. The van der Waals surface area contributed by atoms with Crippen LogP contribution >= 0.6 is 0 Å². The van der Waals surface area contributed by atoms with E-state index in [0.29, 0.717) is 6.54 Å². The monoisotopic (exact) mass is 461 g/mol. The summed E-state index contributed by atoms with van der Waals surface area (Å²) in [5.41, 5.74) is 0.943. The predicted octanol–water partition coefficient (Wildman–Crippen LogP) is 2.51. The first kappa shape index (κ1) is 27.1. The maximum atomic E-state index is 12.6. The van der Waals surface area contributed by atoms with Crippen LogP contribution < -0.4 is 0 Å². The van der Waals surface area contributed by atoms with Gasteiger partial charge in [-0.15, -0.1) is 0 Å². The van der Waals surface area contributed by atoms with Gasteiger partial charge in [-0.3, -0.25) is 29.2 Å². The molecule has 0 amide bonds. The molecule has 8 heteroatoms. The smallest absolute Gasteiger partial charge is 0.320 e. The molecule has 0 aliphatic heterocycles. The molecule has 1 aromatic rings. The molecule has 0 spiro atoms. The first-order chi connectivity index (χ1) is 15.5. The molecule has 0 aromatic carbocycles. The van der Waals surface area contributed by atoms with Crippen LogP contribution in [0.1, 0.15) is 71.6 Å². The number of Topliss-reactive ketones (excluding diaryl/α,β-unsaturated/α-hetero) is 2. The summed E-state index contributed by atoms with van der Waals surface area (Å²) in [7, 11) is 0. The van der Waals surface area contributed by atoms with Crippen LogP contribution in [0.5, 0.6) is 0 Å². The van der Waals surface area contributed by atoms with Crippen LogP contribution in [0.15, 0.2) is 18.3 Å². The van der Waals surface area contributed by atoms with Crippen molar-refractivity contribution in [2.45, 2.75) is 91.1 Å². The fourth-order valence-electron chi connectivity index (χ4n) is 4.49. The molecule has 1 aliphatic rings. The fraction of sp³-hybridized carbons (Fsp3) is 0.680. The Labute approximate surface area is 197 Å². The third kappa shape index (κ3) is 9.31. The number of aromatic nitrogens is 1. The van der Waals surface area contributed by atoms with Crippen molar-refractivity contribution in [3.8, 4) is 0 Å². The lowest BCUT2D eigenvalue weighted by Gasteiger charge is -2.44. The number of aliphatic hydroxyl groups is 1. The van der Waals surface area contributed by atoms with Crippen molar-refractivity contribution in [3.63, 3.8) is 0 Å². The Kier molecular flexibility index (Phi) is 10.1. The van der Waals surface area contributed by atoms with E-state index in [-0.39, 0.29) is 55.9 Å². The minimum atomic E-state index is -0.599. The molecular formula is C25H39N3O5. The van der Waals surface area contributed by atoms with Gasteiger partial charge in [0.25, 0.3) is 0 Å². The highest BCUT2D eigenvalue weighted by Gasteiger charge is 2.36. The first-order valence-electron chi connectivity index (χ1n) is 11.7. The molecule has 0 saturated heterocycles. The van der Waals surface area contributed by atoms with Gasteiger partial charge in [-0.2, -0.15) is 0 Å². The van der Waals surface area contributed by atoms with Crippen molar-refractivity contribution in [3.05, 3.63) is 29.6 Å². The van der Waals surface area contributed by atoms with E-state index < -0.39 is 5.60 Å². The third-order valence-electron chi connectivity index (χ3n) is 5.67. The minimum Gasteiger partial charge on any atom is -0.459 e. The molecule has 1 aromatic heterocycles. The Morgan fingerprint density at radius 1 is 1.00 bits per heavy atom. The lowest BCUT2D eigenvalue weighted by atomic mass is 9.87. The van der Waals surface area contributed by atoms with E-state index in [1.165, 1.54) is 6.92 Å². The van der Waals surface area contributed by atoms with E-state index in [1.807, 2.05) is 37.8 Å². The third-order valence-corrected chi connectivity index (χ3v) is 5.67. The highest BCUT2D eigenvalue weighted by molar-refractivity contribution is 5.79. The number of pyridine rings is 1. The van der Waals surface area contributed by atoms with Gasteiger partial charge in [-0.1, -0.05) is 18.9 Å². The summed E-state index contributed by atoms with van der Waals surface area (Å²) in [5, 5.41) is 9.28. The summed E-state index contributed by atoms with van der Waals surface area (Å²) < 4.78 is 5.53. The van der Waals surface area contributed by atoms with Gasteiger partial charge in [0, 0.05) is 24.8 Å². The number of nitrogens with zero attached hydrogens (tertiary/aromatic N) is 3. The second-order valence-electron chi connectivity index (χ2n) is 10.0. The molecule has 1 N–H and O–H groups in total. The van der Waals surface area contributed by atoms with E-state index in [2.05, 4.69) is 9.88 Å². The number of rotatable bonds is 11. The standard InChI is InChI=1S/C25H39N3O5/c1-18(30)13-27(15-21-11-10-20(17-29)12-26-21)22-8-6-7-9-23(22)28(14-19(2)31)16-24(32)33-25(3,4)5/h10-12,22-23,29H,6-9,13-17H2,1-5H3/t22-,23?/m0/s1. The fourth-order valence-corrected chi connectivity index (χ4v) is 4.49. The zero-order valence-electron chi connectivity index (χ0n) is 20.7. The number of aliphatic hydroxyl groups excluding tert-OH is 1. The van der Waals surface area contributed by atoms with Gasteiger partial charge in [-0.25, -0.2) is 0 Å². The molecule has 8 nitrogen and oxygen atoms in total. The Bertz CT molecular complexity index is 803. The number of carbonyl (C=O) groups excluding carboxylic acids is 3. The molecule has 2 rings (SSSR count). The summed E-state index contributed by atoms with van der Waals surface area (Å²) in [5.74, 6) is -0.314. The second-order valence-corrected chi connectivity index (χ2v) is 10.0. The van der Waals surface area contributed by atoms with E-state index in [9.17, 15) is 19.5 Å². The number of ether oxygens (including phenoxy) is 1. The van der Waals surface area contributed by atoms with E-state index in [0.717, 1.165) is 36.9 Å². The molecule has 0 radical (unpaired) electrons. The number of hydrogen-bond donors (Lipinski definition) is 1. The highest BCUT2D eigenvalue weighted by atomic mass is 16.6. The summed E-state index contributed by atoms with van der Waals surface area (Å²) in [6.07, 6.45) is 5.37. The molecule has 1 heterocycles. The quantitative estimate of drug-likeness (QED) is 0.502. The number of carbonyl (C=O) groups is 3. The lowest BCUT2D eigenvalue weighted by Crippen LogP contribution is -2.56. The molecule has 1 unspecified atom stereocenters. The van der Waals surface area contributed by atoms with Crippen molar-refractivity contribution in [1.82, 2.24) is 14.8 Å². The first-order valence-corrected chi connectivity index (χ1v) is 11.7. The summed E-state index contributed by atoms with van der Waals surface area (Å²) in [6, 6.07) is 3.65. The SMILES string of the molecule is CC(=O)CN(CC(=O)OC(C)(C)C)C1CCCC[C@@H]1N(CC(C)=O)Cc1ccc(CO)cn1. The van der Waals surface area contributed by atoms with Gasteiger partial charge in [0.15, 0.2) is 0 Å². The zero-order valence-corrected chi connectivity index (χ0v) is 20.7. The van der Waals surface area contributed by atoms with Crippen molar-refractivity contribution >= 4 is 17.5 Å². The summed E-state index contributed by atoms with van der Waals surface area (Å²) >= 11 is 0. The Morgan fingerprint density at radius 2 is 1.58 bits per heavy atom. The van der Waals surface area contributed by atoms with Crippen LogP contribution in [0.4, 0.5) is 0 Å². The van der Waals surface area contributed by atoms with Crippen molar-refractivity contribution in [2.24, 2.45) is 0 Å². The second kappa shape index (κ2) is 12.3. The Balaban J connectivity index is 2.28. The number of ketones is 2. The summed E-state index contributed by atoms with van der Waals surface area (Å²) in [4.78, 5) is 45.3. The average Bonchev–Trinajstić information content (AvgIpc) is 2.71. The number of hydrogen-bond acceptors (Lipinski definition) is 8. The Morgan fingerprint density at radius 3 is 2.06 bits per heavy atom. The maximum Gasteiger partial charge on any atom is 0.320 e. The maximum absolute atomic E-state index is 12.6. The van der Waals surface area contributed by atoms with Crippen molar-refractivity contribution in [1.29, 1.82) is 0 Å². The molecule has 2 atom stereocenters. The molecule has 0 bridgehead atoms. The van der Waals surface area contributed by atoms with Gasteiger partial charge in [0.05, 0.1) is 31.9 Å². The molecule has 1 saturated carbocycles. The van der Waals surface area contributed by atoms with Gasteiger partial charge in [0.1, 0.15) is 17.2 Å². The van der Waals surface area contributed by atoms with Crippen molar-refractivity contribution in [2.75, 3.05) is 19.6 Å². The van der Waals surface area contributed by atoms with Crippen LogP contribution in [-0.2, 0) is 32.3 Å². The topological polar surface area (TPSA) is 100 Å². The van der Waals surface area contributed by atoms with Crippen LogP contribution in [0.2, 0.25) is 0 Å². The van der Waals surface area contributed by atoms with Crippen LogP contribution in [0, 0.1) is 0 Å². The zero-order chi connectivity index (χ0) is 24.6. The normalized spacial score (nSPS) is 19.0. The largest absolute Gasteiger partial charge is 0.459 e. The molecular weight excluding hydrogens is 422 g/mol. The molecule has 1 fully saturated rings. The molecule has 33 heavy (non-hydrogen) atoms. The van der Waals surface area contributed by atoms with E-state index in [4.69, 9.17) is 4.74 Å². The molecule has 1 aliphatic carbocycles. The van der Waals surface area contributed by atoms with Gasteiger partial charge < -0.3 is 9.84 Å². The summed E-state index contributed by atoms with van der Waals surface area (Å²) in [6.45, 7) is 9.46. The van der Waals surface area contributed by atoms with Crippen LogP contribution in [0.25, 0.3) is 0 Å². The Hall–Kier alpha value is -2.16. The number of esters is 1. The van der Waals surface area contributed by atoms with Crippen LogP contribution in [-0.4, -0.2) is 74.7 Å². The van der Waals surface area contributed by atoms with Gasteiger partial charge in [-0.05, 0) is 59.1 Å². The predicted molar refractivity (Wildman–Crippen MR) is 125 cm³/mol. The van der Waals surface area contributed by atoms with Gasteiger partial charge >= 0.3 is 5.97 Å².